The molecule has 26 heavy (non-hydrogen) atoms. The molecule has 0 aliphatic carbocycles. The van der Waals surface area contributed by atoms with E-state index >= 15 is 0 Å². The zero-order chi connectivity index (χ0) is 18.4. The SMILES string of the molecule is CN(C(=O)/C=C/c1ccc(Br)s1)C1CCN(CCc2ccccn2)CC1. The normalized spacial score (nSPS) is 16.2. The van der Waals surface area contributed by atoms with E-state index in [1.807, 2.05) is 48.5 Å². The number of carbonyl (C=O) groups excluding carboxylic acids is 1. The van der Waals surface area contributed by atoms with Crippen LogP contribution in [-0.2, 0) is 11.2 Å². The molecule has 3 heterocycles. The minimum absolute atomic E-state index is 0.0847. The van der Waals surface area contributed by atoms with Crippen LogP contribution in [0.15, 0.2) is 46.4 Å². The Kier molecular flexibility index (Phi) is 7.00. The number of likely N-dealkylation sites (N-methyl/N-ethyl adjacent to an activating group) is 1. The van der Waals surface area contributed by atoms with Crippen molar-refractivity contribution in [3.63, 3.8) is 0 Å². The maximum atomic E-state index is 12.4. The molecular formula is C20H24BrN3OS. The topological polar surface area (TPSA) is 36.4 Å². The van der Waals surface area contributed by atoms with E-state index in [-0.39, 0.29) is 5.91 Å². The average molecular weight is 434 g/mol. The van der Waals surface area contributed by atoms with E-state index in [2.05, 4.69) is 31.9 Å². The van der Waals surface area contributed by atoms with E-state index in [1.165, 1.54) is 0 Å². The molecule has 4 nitrogen and oxygen atoms in total. The number of aromatic nitrogens is 1. The van der Waals surface area contributed by atoms with Crippen molar-refractivity contribution in [3.8, 4) is 0 Å². The van der Waals surface area contributed by atoms with Gasteiger partial charge in [-0.1, -0.05) is 6.07 Å². The molecule has 6 heteroatoms. The van der Waals surface area contributed by atoms with Crippen LogP contribution in [0.4, 0.5) is 0 Å². The summed E-state index contributed by atoms with van der Waals surface area (Å²) in [6.45, 7) is 3.11. The third-order valence-electron chi connectivity index (χ3n) is 4.85. The Morgan fingerprint density at radius 3 is 2.81 bits per heavy atom. The van der Waals surface area contributed by atoms with Crippen LogP contribution in [0.3, 0.4) is 0 Å². The molecule has 138 valence electrons. The van der Waals surface area contributed by atoms with E-state index < -0.39 is 0 Å². The number of thiophene rings is 1. The van der Waals surface area contributed by atoms with Crippen LogP contribution in [0.5, 0.6) is 0 Å². The standard InChI is InChI=1S/C20H24BrN3OS/c1-23(20(25)8-6-18-5-7-19(21)26-18)17-10-14-24(15-11-17)13-9-16-4-2-3-12-22-16/h2-8,12,17H,9-11,13-15H2,1H3/b8-6+. The highest BCUT2D eigenvalue weighted by Gasteiger charge is 2.24. The molecule has 1 fully saturated rings. The minimum Gasteiger partial charge on any atom is -0.339 e. The molecule has 0 atom stereocenters. The zero-order valence-electron chi connectivity index (χ0n) is 15.0. The van der Waals surface area contributed by atoms with Crippen LogP contribution < -0.4 is 0 Å². The maximum Gasteiger partial charge on any atom is 0.246 e. The highest BCUT2D eigenvalue weighted by Crippen LogP contribution is 2.23. The number of hydrogen-bond acceptors (Lipinski definition) is 4. The number of carbonyl (C=O) groups is 1. The van der Waals surface area contributed by atoms with E-state index in [1.54, 1.807) is 17.4 Å². The van der Waals surface area contributed by atoms with Gasteiger partial charge in [0.1, 0.15) is 0 Å². The third kappa shape index (κ3) is 5.50. The van der Waals surface area contributed by atoms with Crippen LogP contribution in [0.1, 0.15) is 23.4 Å². The Morgan fingerprint density at radius 1 is 1.35 bits per heavy atom. The molecule has 2 aromatic rings. The number of rotatable bonds is 6. The Morgan fingerprint density at radius 2 is 2.15 bits per heavy atom. The van der Waals surface area contributed by atoms with Crippen molar-refractivity contribution in [2.24, 2.45) is 0 Å². The van der Waals surface area contributed by atoms with E-state index in [0.29, 0.717) is 6.04 Å². The molecule has 0 radical (unpaired) electrons. The predicted molar refractivity (Wildman–Crippen MR) is 111 cm³/mol. The Hall–Kier alpha value is -1.50. The van der Waals surface area contributed by atoms with Gasteiger partial charge in [-0.15, -0.1) is 11.3 Å². The molecule has 1 amide bonds. The van der Waals surface area contributed by atoms with Crippen molar-refractivity contribution >= 4 is 39.2 Å². The van der Waals surface area contributed by atoms with Gasteiger partial charge in [-0.05, 0) is 59.1 Å². The number of pyridine rings is 1. The number of piperidine rings is 1. The smallest absolute Gasteiger partial charge is 0.246 e. The van der Waals surface area contributed by atoms with Crippen LogP contribution in [0.2, 0.25) is 0 Å². The summed E-state index contributed by atoms with van der Waals surface area (Å²) < 4.78 is 1.08. The summed E-state index contributed by atoms with van der Waals surface area (Å²) >= 11 is 5.07. The lowest BCUT2D eigenvalue weighted by atomic mass is 10.0. The van der Waals surface area contributed by atoms with Crippen molar-refractivity contribution in [2.75, 3.05) is 26.7 Å². The minimum atomic E-state index is 0.0847. The summed E-state index contributed by atoms with van der Waals surface area (Å²) in [7, 11) is 1.92. The number of nitrogens with zero attached hydrogens (tertiary/aromatic N) is 3. The monoisotopic (exact) mass is 433 g/mol. The van der Waals surface area contributed by atoms with Gasteiger partial charge < -0.3 is 9.80 Å². The van der Waals surface area contributed by atoms with Crippen molar-refractivity contribution < 1.29 is 4.79 Å². The molecule has 0 unspecified atom stereocenters. The number of halogens is 1. The van der Waals surface area contributed by atoms with Crippen LogP contribution in [-0.4, -0.2) is 53.4 Å². The summed E-state index contributed by atoms with van der Waals surface area (Å²) in [5.74, 6) is 0.0847. The number of hydrogen-bond donors (Lipinski definition) is 0. The largest absolute Gasteiger partial charge is 0.339 e. The summed E-state index contributed by atoms with van der Waals surface area (Å²) in [4.78, 5) is 22.3. The second-order valence-corrected chi connectivity index (χ2v) is 9.06. The fourth-order valence-corrected chi connectivity index (χ4v) is 4.54. The fraction of sp³-hybridized carbons (Fsp3) is 0.400. The first-order chi connectivity index (χ1) is 12.6. The zero-order valence-corrected chi connectivity index (χ0v) is 17.4. The number of amides is 1. The maximum absolute atomic E-state index is 12.4. The molecule has 0 bridgehead atoms. The van der Waals surface area contributed by atoms with Gasteiger partial charge in [-0.3, -0.25) is 9.78 Å². The molecule has 0 spiro atoms. The average Bonchev–Trinajstić information content (AvgIpc) is 3.10. The summed E-state index contributed by atoms with van der Waals surface area (Å²) in [6.07, 6.45) is 8.48. The second-order valence-electron chi connectivity index (χ2n) is 6.57. The lowest BCUT2D eigenvalue weighted by Gasteiger charge is -2.36. The highest BCUT2D eigenvalue weighted by molar-refractivity contribution is 9.11. The molecule has 0 N–H and O–H groups in total. The van der Waals surface area contributed by atoms with Gasteiger partial charge >= 0.3 is 0 Å². The molecule has 0 aromatic carbocycles. The van der Waals surface area contributed by atoms with Gasteiger partial charge in [0.2, 0.25) is 5.91 Å². The first-order valence-corrected chi connectivity index (χ1v) is 10.6. The first-order valence-electron chi connectivity index (χ1n) is 8.94. The molecule has 3 rings (SSSR count). The second kappa shape index (κ2) is 9.44. The van der Waals surface area contributed by atoms with Crippen molar-refractivity contribution in [1.29, 1.82) is 0 Å². The third-order valence-corrected chi connectivity index (χ3v) is 6.44. The molecule has 1 aliphatic heterocycles. The van der Waals surface area contributed by atoms with Gasteiger partial charge in [0.25, 0.3) is 0 Å². The summed E-state index contributed by atoms with van der Waals surface area (Å²) in [5.41, 5.74) is 1.15. The van der Waals surface area contributed by atoms with Crippen LogP contribution in [0, 0.1) is 0 Å². The van der Waals surface area contributed by atoms with E-state index in [4.69, 9.17) is 0 Å². The quantitative estimate of drug-likeness (QED) is 0.643. The van der Waals surface area contributed by atoms with E-state index in [9.17, 15) is 4.79 Å². The van der Waals surface area contributed by atoms with E-state index in [0.717, 1.165) is 53.3 Å². The molecule has 0 saturated carbocycles. The Balaban J connectivity index is 1.43. The first kappa shape index (κ1) is 19.3. The highest BCUT2D eigenvalue weighted by atomic mass is 79.9. The molecule has 1 saturated heterocycles. The lowest BCUT2D eigenvalue weighted by Crippen LogP contribution is -2.45. The fourth-order valence-electron chi connectivity index (χ4n) is 3.22. The van der Waals surface area contributed by atoms with Gasteiger partial charge in [0.05, 0.1) is 3.79 Å². The Bertz CT molecular complexity index is 739. The predicted octanol–water partition coefficient (Wildman–Crippen LogP) is 4.08. The van der Waals surface area contributed by atoms with Gasteiger partial charge in [-0.25, -0.2) is 0 Å². The lowest BCUT2D eigenvalue weighted by molar-refractivity contribution is -0.127. The number of likely N-dealkylation sites (tertiary alicyclic amines) is 1. The molecule has 1 aliphatic rings. The van der Waals surface area contributed by atoms with Gasteiger partial charge in [-0.2, -0.15) is 0 Å². The summed E-state index contributed by atoms with van der Waals surface area (Å²) in [5, 5.41) is 0. The van der Waals surface area contributed by atoms with Crippen LogP contribution in [0.25, 0.3) is 6.08 Å². The Labute approximate surface area is 167 Å². The van der Waals surface area contributed by atoms with Crippen LogP contribution >= 0.6 is 27.3 Å². The van der Waals surface area contributed by atoms with Gasteiger partial charge in [0.15, 0.2) is 0 Å². The van der Waals surface area contributed by atoms with Crippen molar-refractivity contribution in [2.45, 2.75) is 25.3 Å². The van der Waals surface area contributed by atoms with Crippen molar-refractivity contribution in [1.82, 2.24) is 14.8 Å². The van der Waals surface area contributed by atoms with Gasteiger partial charge in [0, 0.05) is 62.0 Å². The molecule has 2 aromatic heterocycles. The summed E-state index contributed by atoms with van der Waals surface area (Å²) in [6, 6.07) is 10.4. The molecular weight excluding hydrogens is 410 g/mol. The van der Waals surface area contributed by atoms with Crippen molar-refractivity contribution in [3.05, 3.63) is 57.0 Å².